The van der Waals surface area contributed by atoms with E-state index in [-0.39, 0.29) is 23.6 Å². The summed E-state index contributed by atoms with van der Waals surface area (Å²) < 4.78 is 17.4. The molecule has 4 fully saturated rings. The third kappa shape index (κ3) is 3.69. The summed E-state index contributed by atoms with van der Waals surface area (Å²) in [5, 5.41) is 0. The zero-order chi connectivity index (χ0) is 21.7. The monoisotopic (exact) mass is 420 g/mol. The summed E-state index contributed by atoms with van der Waals surface area (Å²) in [6.45, 7) is 11.1. The van der Waals surface area contributed by atoms with E-state index in [1.165, 1.54) is 32.1 Å². The summed E-state index contributed by atoms with van der Waals surface area (Å²) in [7, 11) is 0. The predicted molar refractivity (Wildman–Crippen MR) is 114 cm³/mol. The Balaban J connectivity index is 1.43. The molecule has 5 heteroatoms. The van der Waals surface area contributed by atoms with Gasteiger partial charge < -0.3 is 14.2 Å². The molecule has 1 saturated heterocycles. The lowest BCUT2D eigenvalue weighted by Gasteiger charge is -2.47. The lowest BCUT2D eigenvalue weighted by atomic mass is 9.64. The molecule has 4 rings (SSSR count). The van der Waals surface area contributed by atoms with Crippen LogP contribution in [0.2, 0.25) is 0 Å². The normalized spacial score (nSPS) is 39.6. The van der Waals surface area contributed by atoms with E-state index in [0.717, 1.165) is 18.3 Å². The maximum absolute atomic E-state index is 13.4. The Morgan fingerprint density at radius 3 is 2.53 bits per heavy atom. The molecule has 4 aliphatic rings. The van der Waals surface area contributed by atoms with Crippen LogP contribution in [0, 0.1) is 34.5 Å². The highest BCUT2D eigenvalue weighted by Gasteiger charge is 2.62. The lowest BCUT2D eigenvalue weighted by Crippen LogP contribution is -2.50. The fourth-order valence-electron chi connectivity index (χ4n) is 7.06. The van der Waals surface area contributed by atoms with Crippen LogP contribution in [0.15, 0.2) is 0 Å². The Morgan fingerprint density at radius 2 is 1.87 bits per heavy atom. The highest BCUT2D eigenvalue weighted by atomic mass is 16.6. The minimum absolute atomic E-state index is 0.156. The van der Waals surface area contributed by atoms with Crippen LogP contribution in [0.5, 0.6) is 0 Å². The van der Waals surface area contributed by atoms with Crippen LogP contribution in [0.4, 0.5) is 0 Å². The second-order valence-corrected chi connectivity index (χ2v) is 11.6. The summed E-state index contributed by atoms with van der Waals surface area (Å²) in [5.41, 5.74) is -1.79. The molecule has 30 heavy (non-hydrogen) atoms. The molecule has 0 amide bonds. The predicted octanol–water partition coefficient (Wildman–Crippen LogP) is 4.91. The SMILES string of the molecule is CCC(C)(CC(C)(C)C(=O)OC1(C)C2CC3CCCC1C3C2)C(=O)OC1CCOC1. The van der Waals surface area contributed by atoms with E-state index in [1.54, 1.807) is 0 Å². The number of ether oxygens (including phenoxy) is 3. The topological polar surface area (TPSA) is 61.8 Å². The van der Waals surface area contributed by atoms with Gasteiger partial charge in [-0.3, -0.25) is 9.59 Å². The average Bonchev–Trinajstić information content (AvgIpc) is 3.40. The molecule has 0 aromatic rings. The van der Waals surface area contributed by atoms with E-state index < -0.39 is 10.8 Å². The highest BCUT2D eigenvalue weighted by molar-refractivity contribution is 5.80. The van der Waals surface area contributed by atoms with Gasteiger partial charge in [0.25, 0.3) is 0 Å². The molecule has 7 atom stereocenters. The molecule has 1 aliphatic heterocycles. The Kier molecular flexibility index (Phi) is 5.74. The van der Waals surface area contributed by atoms with Crippen molar-refractivity contribution in [3.8, 4) is 0 Å². The van der Waals surface area contributed by atoms with Crippen LogP contribution in [0.1, 0.15) is 86.0 Å². The van der Waals surface area contributed by atoms with Crippen molar-refractivity contribution >= 4 is 11.9 Å². The first-order chi connectivity index (χ1) is 14.1. The molecule has 5 nitrogen and oxygen atoms in total. The van der Waals surface area contributed by atoms with Gasteiger partial charge in [0.1, 0.15) is 11.7 Å². The maximum atomic E-state index is 13.4. The minimum Gasteiger partial charge on any atom is -0.459 e. The molecule has 3 aliphatic carbocycles. The van der Waals surface area contributed by atoms with E-state index in [9.17, 15) is 9.59 Å². The fourth-order valence-corrected chi connectivity index (χ4v) is 7.06. The molecule has 0 radical (unpaired) electrons. The van der Waals surface area contributed by atoms with Crippen LogP contribution in [-0.2, 0) is 23.8 Å². The zero-order valence-electron chi connectivity index (χ0n) is 19.5. The van der Waals surface area contributed by atoms with Crippen molar-refractivity contribution in [2.75, 3.05) is 13.2 Å². The van der Waals surface area contributed by atoms with Crippen molar-refractivity contribution < 1.29 is 23.8 Å². The Hall–Kier alpha value is -1.10. The molecule has 0 spiro atoms. The van der Waals surface area contributed by atoms with Crippen molar-refractivity contribution in [1.82, 2.24) is 0 Å². The number of rotatable bonds is 7. The molecule has 2 bridgehead atoms. The van der Waals surface area contributed by atoms with E-state index in [1.807, 2.05) is 27.7 Å². The summed E-state index contributed by atoms with van der Waals surface area (Å²) in [6.07, 6.45) is 7.89. The van der Waals surface area contributed by atoms with E-state index >= 15 is 0 Å². The molecule has 170 valence electrons. The van der Waals surface area contributed by atoms with Crippen LogP contribution in [0.3, 0.4) is 0 Å². The minimum atomic E-state index is -0.741. The number of hydrogen-bond donors (Lipinski definition) is 0. The maximum Gasteiger partial charge on any atom is 0.312 e. The van der Waals surface area contributed by atoms with Crippen LogP contribution in [-0.4, -0.2) is 36.9 Å². The third-order valence-corrected chi connectivity index (χ3v) is 9.04. The molecule has 0 aromatic heterocycles. The van der Waals surface area contributed by atoms with Crippen LogP contribution >= 0.6 is 0 Å². The summed E-state index contributed by atoms with van der Waals surface area (Å²) >= 11 is 0. The zero-order valence-corrected chi connectivity index (χ0v) is 19.5. The second-order valence-electron chi connectivity index (χ2n) is 11.6. The smallest absolute Gasteiger partial charge is 0.312 e. The molecule has 7 unspecified atom stereocenters. The van der Waals surface area contributed by atoms with E-state index in [4.69, 9.17) is 14.2 Å². The average molecular weight is 421 g/mol. The van der Waals surface area contributed by atoms with Gasteiger partial charge in [-0.05, 0) is 77.6 Å². The lowest BCUT2D eigenvalue weighted by molar-refractivity contribution is -0.188. The van der Waals surface area contributed by atoms with Gasteiger partial charge >= 0.3 is 11.9 Å². The Labute approximate surface area is 181 Å². The summed E-state index contributed by atoms with van der Waals surface area (Å²) in [5.74, 6) is 2.24. The largest absolute Gasteiger partial charge is 0.459 e. The molecular weight excluding hydrogens is 380 g/mol. The van der Waals surface area contributed by atoms with Gasteiger partial charge in [0.15, 0.2) is 0 Å². The first-order valence-corrected chi connectivity index (χ1v) is 12.1. The summed E-state index contributed by atoms with van der Waals surface area (Å²) in [4.78, 5) is 26.4. The van der Waals surface area contributed by atoms with Gasteiger partial charge in [-0.1, -0.05) is 19.8 Å². The standard InChI is InChI=1S/C25H40O5/c1-6-24(4,22(27)29-18-10-11-28-14-18)15-23(2,3)21(26)30-25(5)17-12-16-8-7-9-20(25)19(16)13-17/h16-20H,6-15H2,1-5H3. The van der Waals surface area contributed by atoms with Gasteiger partial charge in [-0.25, -0.2) is 0 Å². The van der Waals surface area contributed by atoms with Crippen molar-refractivity contribution in [2.24, 2.45) is 34.5 Å². The van der Waals surface area contributed by atoms with Crippen molar-refractivity contribution in [3.63, 3.8) is 0 Å². The van der Waals surface area contributed by atoms with E-state index in [0.29, 0.717) is 37.9 Å². The highest BCUT2D eigenvalue weighted by Crippen LogP contribution is 2.63. The number of carbonyl (C=O) groups excluding carboxylic acids is 2. The number of carbonyl (C=O) groups is 2. The molecule has 3 saturated carbocycles. The van der Waals surface area contributed by atoms with Crippen LogP contribution < -0.4 is 0 Å². The van der Waals surface area contributed by atoms with Gasteiger partial charge in [0.2, 0.25) is 0 Å². The first-order valence-electron chi connectivity index (χ1n) is 12.1. The molecular formula is C25H40O5. The Bertz CT molecular complexity index is 679. The number of fused-ring (bicyclic) bond motifs is 1. The third-order valence-electron chi connectivity index (χ3n) is 9.04. The molecule has 0 N–H and O–H groups in total. The van der Waals surface area contributed by atoms with Gasteiger partial charge in [-0.15, -0.1) is 0 Å². The van der Waals surface area contributed by atoms with Crippen LogP contribution in [0.25, 0.3) is 0 Å². The fraction of sp³-hybridized carbons (Fsp3) is 0.920. The molecule has 1 heterocycles. The number of esters is 2. The first kappa shape index (κ1) is 22.1. The van der Waals surface area contributed by atoms with Crippen molar-refractivity contribution in [1.29, 1.82) is 0 Å². The van der Waals surface area contributed by atoms with Gasteiger partial charge in [0, 0.05) is 12.3 Å². The van der Waals surface area contributed by atoms with E-state index in [2.05, 4.69) is 6.92 Å². The second kappa shape index (κ2) is 7.79. The Morgan fingerprint density at radius 1 is 1.10 bits per heavy atom. The quantitative estimate of drug-likeness (QED) is 0.548. The molecule has 0 aromatic carbocycles. The van der Waals surface area contributed by atoms with Gasteiger partial charge in [-0.2, -0.15) is 0 Å². The van der Waals surface area contributed by atoms with Gasteiger partial charge in [0.05, 0.1) is 24.0 Å². The van der Waals surface area contributed by atoms with Crippen molar-refractivity contribution in [3.05, 3.63) is 0 Å². The number of hydrogen-bond acceptors (Lipinski definition) is 5. The van der Waals surface area contributed by atoms with Crippen molar-refractivity contribution in [2.45, 2.75) is 97.7 Å². The summed E-state index contributed by atoms with van der Waals surface area (Å²) in [6, 6.07) is 0.